The Hall–Kier alpha value is -1.84. The molecule has 0 bridgehead atoms. The SMILES string of the molecule is O=C(O)[C@@H]1CCCN(C(=O)[C@H]2CCCc3ccccc32)C1. The lowest BCUT2D eigenvalue weighted by Gasteiger charge is -2.35. The molecule has 2 atom stereocenters. The standard InChI is InChI=1S/C17H21NO3/c19-16(18-10-4-7-13(11-18)17(20)21)15-9-3-6-12-5-1-2-8-14(12)15/h1-2,5,8,13,15H,3-4,6-7,9-11H2,(H,20,21)/t13-,15+/m1/s1. The molecule has 1 aliphatic heterocycles. The predicted molar refractivity (Wildman–Crippen MR) is 79.1 cm³/mol. The lowest BCUT2D eigenvalue weighted by Crippen LogP contribution is -2.44. The molecule has 112 valence electrons. The van der Waals surface area contributed by atoms with Crippen LogP contribution in [0.15, 0.2) is 24.3 Å². The molecule has 3 rings (SSSR count). The van der Waals surface area contributed by atoms with E-state index in [1.54, 1.807) is 4.90 Å². The minimum Gasteiger partial charge on any atom is -0.481 e. The number of benzene rings is 1. The van der Waals surface area contributed by atoms with Crippen molar-refractivity contribution in [1.29, 1.82) is 0 Å². The Morgan fingerprint density at radius 3 is 2.76 bits per heavy atom. The number of hydrogen-bond acceptors (Lipinski definition) is 2. The van der Waals surface area contributed by atoms with Crippen molar-refractivity contribution in [2.24, 2.45) is 5.92 Å². The van der Waals surface area contributed by atoms with E-state index in [1.165, 1.54) is 5.56 Å². The number of aliphatic carboxylic acids is 1. The molecule has 21 heavy (non-hydrogen) atoms. The van der Waals surface area contributed by atoms with E-state index in [0.29, 0.717) is 19.5 Å². The lowest BCUT2D eigenvalue weighted by atomic mass is 9.81. The van der Waals surface area contributed by atoms with Crippen LogP contribution in [0.5, 0.6) is 0 Å². The first-order chi connectivity index (χ1) is 10.2. The third kappa shape index (κ3) is 2.80. The number of nitrogens with zero attached hydrogens (tertiary/aromatic N) is 1. The van der Waals surface area contributed by atoms with E-state index in [4.69, 9.17) is 5.11 Å². The van der Waals surface area contributed by atoms with Crippen molar-refractivity contribution in [3.8, 4) is 0 Å². The minimum atomic E-state index is -0.781. The van der Waals surface area contributed by atoms with Crippen molar-refractivity contribution in [3.63, 3.8) is 0 Å². The average Bonchev–Trinajstić information content (AvgIpc) is 2.53. The summed E-state index contributed by atoms with van der Waals surface area (Å²) in [6, 6.07) is 8.16. The number of amides is 1. The highest BCUT2D eigenvalue weighted by molar-refractivity contribution is 5.85. The Morgan fingerprint density at radius 1 is 1.14 bits per heavy atom. The molecule has 1 aliphatic carbocycles. The van der Waals surface area contributed by atoms with Gasteiger partial charge in [-0.15, -0.1) is 0 Å². The molecule has 2 aliphatic rings. The van der Waals surface area contributed by atoms with Crippen LogP contribution in [0.2, 0.25) is 0 Å². The Bertz CT molecular complexity index is 555. The van der Waals surface area contributed by atoms with Crippen LogP contribution >= 0.6 is 0 Å². The quantitative estimate of drug-likeness (QED) is 0.909. The van der Waals surface area contributed by atoms with Gasteiger partial charge in [0.1, 0.15) is 0 Å². The fourth-order valence-electron chi connectivity index (χ4n) is 3.61. The molecule has 1 aromatic carbocycles. The van der Waals surface area contributed by atoms with E-state index in [-0.39, 0.29) is 11.8 Å². The number of carbonyl (C=O) groups is 2. The summed E-state index contributed by atoms with van der Waals surface area (Å²) in [4.78, 5) is 25.7. The average molecular weight is 287 g/mol. The molecule has 1 heterocycles. The van der Waals surface area contributed by atoms with Gasteiger partial charge < -0.3 is 10.0 Å². The largest absolute Gasteiger partial charge is 0.481 e. The van der Waals surface area contributed by atoms with Crippen molar-refractivity contribution < 1.29 is 14.7 Å². The van der Waals surface area contributed by atoms with Crippen LogP contribution in [0.3, 0.4) is 0 Å². The van der Waals surface area contributed by atoms with Crippen molar-refractivity contribution in [3.05, 3.63) is 35.4 Å². The van der Waals surface area contributed by atoms with E-state index in [9.17, 15) is 9.59 Å². The van der Waals surface area contributed by atoms with E-state index >= 15 is 0 Å². The smallest absolute Gasteiger partial charge is 0.308 e. The highest BCUT2D eigenvalue weighted by Crippen LogP contribution is 2.33. The Labute approximate surface area is 124 Å². The van der Waals surface area contributed by atoms with Gasteiger partial charge in [0.2, 0.25) is 5.91 Å². The second-order valence-corrected chi connectivity index (χ2v) is 6.11. The van der Waals surface area contributed by atoms with Crippen LogP contribution in [0, 0.1) is 5.92 Å². The van der Waals surface area contributed by atoms with Crippen LogP contribution in [-0.2, 0) is 16.0 Å². The Morgan fingerprint density at radius 2 is 1.95 bits per heavy atom. The van der Waals surface area contributed by atoms with Gasteiger partial charge in [0, 0.05) is 13.1 Å². The number of carboxylic acids is 1. The van der Waals surface area contributed by atoms with Gasteiger partial charge in [0.15, 0.2) is 0 Å². The minimum absolute atomic E-state index is 0.0810. The summed E-state index contributed by atoms with van der Waals surface area (Å²) >= 11 is 0. The van der Waals surface area contributed by atoms with Gasteiger partial charge in [0.25, 0.3) is 0 Å². The molecule has 0 unspecified atom stereocenters. The maximum atomic E-state index is 12.8. The number of likely N-dealkylation sites (tertiary alicyclic amines) is 1. The fraction of sp³-hybridized carbons (Fsp3) is 0.529. The number of fused-ring (bicyclic) bond motifs is 1. The second kappa shape index (κ2) is 5.88. The van der Waals surface area contributed by atoms with Crippen LogP contribution in [0.1, 0.15) is 42.7 Å². The third-order valence-electron chi connectivity index (χ3n) is 4.75. The maximum Gasteiger partial charge on any atom is 0.308 e. The summed E-state index contributed by atoms with van der Waals surface area (Å²) in [5.74, 6) is -1.14. The van der Waals surface area contributed by atoms with E-state index in [0.717, 1.165) is 31.2 Å². The molecule has 1 N–H and O–H groups in total. The van der Waals surface area contributed by atoms with Crippen LogP contribution in [0.4, 0.5) is 0 Å². The van der Waals surface area contributed by atoms with Crippen molar-refractivity contribution >= 4 is 11.9 Å². The number of rotatable bonds is 2. The molecule has 0 spiro atoms. The van der Waals surface area contributed by atoms with Gasteiger partial charge in [-0.1, -0.05) is 24.3 Å². The molecule has 1 fully saturated rings. The summed E-state index contributed by atoms with van der Waals surface area (Å²) in [7, 11) is 0. The molecule has 0 saturated carbocycles. The van der Waals surface area contributed by atoms with Crippen molar-refractivity contribution in [2.45, 2.75) is 38.0 Å². The van der Waals surface area contributed by atoms with Crippen LogP contribution < -0.4 is 0 Å². The predicted octanol–water partition coefficient (Wildman–Crippen LogP) is 2.43. The molecule has 0 radical (unpaired) electrons. The van der Waals surface area contributed by atoms with Crippen LogP contribution in [-0.4, -0.2) is 35.0 Å². The molecule has 1 aromatic rings. The van der Waals surface area contributed by atoms with Gasteiger partial charge in [-0.25, -0.2) is 0 Å². The lowest BCUT2D eigenvalue weighted by molar-refractivity contribution is -0.146. The molecule has 0 aromatic heterocycles. The zero-order valence-electron chi connectivity index (χ0n) is 12.1. The number of hydrogen-bond donors (Lipinski definition) is 1. The number of carboxylic acid groups (broad SMARTS) is 1. The molecular formula is C17H21NO3. The summed E-state index contributed by atoms with van der Waals surface area (Å²) in [6.07, 6.45) is 4.42. The fourth-order valence-corrected chi connectivity index (χ4v) is 3.61. The van der Waals surface area contributed by atoms with Gasteiger partial charge in [-0.05, 0) is 43.2 Å². The van der Waals surface area contributed by atoms with Gasteiger partial charge >= 0.3 is 5.97 Å². The highest BCUT2D eigenvalue weighted by atomic mass is 16.4. The first-order valence-corrected chi connectivity index (χ1v) is 7.76. The first-order valence-electron chi connectivity index (χ1n) is 7.76. The summed E-state index contributed by atoms with van der Waals surface area (Å²) in [5.41, 5.74) is 2.42. The summed E-state index contributed by atoms with van der Waals surface area (Å²) < 4.78 is 0. The topological polar surface area (TPSA) is 57.6 Å². The van der Waals surface area contributed by atoms with Crippen molar-refractivity contribution in [1.82, 2.24) is 4.90 Å². The molecule has 4 nitrogen and oxygen atoms in total. The van der Waals surface area contributed by atoms with Crippen molar-refractivity contribution in [2.75, 3.05) is 13.1 Å². The zero-order chi connectivity index (χ0) is 14.8. The zero-order valence-corrected chi connectivity index (χ0v) is 12.1. The van der Waals surface area contributed by atoms with Gasteiger partial charge in [0.05, 0.1) is 11.8 Å². The second-order valence-electron chi connectivity index (χ2n) is 6.11. The molecule has 4 heteroatoms. The number of piperidine rings is 1. The monoisotopic (exact) mass is 287 g/mol. The van der Waals surface area contributed by atoms with Crippen LogP contribution in [0.25, 0.3) is 0 Å². The number of carbonyl (C=O) groups excluding carboxylic acids is 1. The van der Waals surface area contributed by atoms with Gasteiger partial charge in [-0.2, -0.15) is 0 Å². The summed E-state index contributed by atoms with van der Waals surface area (Å²) in [6.45, 7) is 1.06. The normalized spacial score (nSPS) is 25.2. The van der Waals surface area contributed by atoms with E-state index < -0.39 is 11.9 Å². The molecule has 1 amide bonds. The third-order valence-corrected chi connectivity index (χ3v) is 4.75. The van der Waals surface area contributed by atoms with E-state index in [1.807, 2.05) is 12.1 Å². The van der Waals surface area contributed by atoms with Gasteiger partial charge in [-0.3, -0.25) is 9.59 Å². The highest BCUT2D eigenvalue weighted by Gasteiger charge is 2.34. The summed E-state index contributed by atoms with van der Waals surface area (Å²) in [5, 5.41) is 9.17. The maximum absolute atomic E-state index is 12.8. The Kier molecular flexibility index (Phi) is 3.95. The van der Waals surface area contributed by atoms with E-state index in [2.05, 4.69) is 12.1 Å². The number of aryl methyl sites for hydroxylation is 1. The first kappa shape index (κ1) is 14.1. The Balaban J connectivity index is 1.78. The molecular weight excluding hydrogens is 266 g/mol. The molecule has 1 saturated heterocycles.